The molecule has 3 atom stereocenters. The predicted octanol–water partition coefficient (Wildman–Crippen LogP) is -1.29. The molecule has 1 unspecified atom stereocenters. The fourth-order valence-electron chi connectivity index (χ4n) is 3.76. The van der Waals surface area contributed by atoms with E-state index in [0.29, 0.717) is 25.7 Å². The molecule has 0 aliphatic carbocycles. The number of nitrogens with zero attached hydrogens (tertiary/aromatic N) is 1. The minimum atomic E-state index is -1.29. The highest BCUT2D eigenvalue weighted by atomic mass is 16.4. The van der Waals surface area contributed by atoms with Gasteiger partial charge in [0.25, 0.3) is 0 Å². The van der Waals surface area contributed by atoms with Crippen LogP contribution in [0, 0.1) is 5.92 Å². The molecule has 0 radical (unpaired) electrons. The van der Waals surface area contributed by atoms with Crippen molar-refractivity contribution in [2.45, 2.75) is 43.6 Å². The van der Waals surface area contributed by atoms with Gasteiger partial charge < -0.3 is 26.2 Å². The molecule has 0 aromatic carbocycles. The fourth-order valence-corrected chi connectivity index (χ4v) is 3.76. The molecule has 21 heavy (non-hydrogen) atoms. The third-order valence-corrected chi connectivity index (χ3v) is 5.03. The molecular formula is C13H26BN3O4. The quantitative estimate of drug-likeness (QED) is 0.387. The normalized spacial score (nSPS) is 34.0. The van der Waals surface area contributed by atoms with Crippen LogP contribution in [0.4, 0.5) is 0 Å². The Hall–Kier alpha value is -0.665. The van der Waals surface area contributed by atoms with Gasteiger partial charge in [-0.2, -0.15) is 0 Å². The van der Waals surface area contributed by atoms with Crippen LogP contribution in [0.1, 0.15) is 25.7 Å². The molecule has 6 N–H and O–H groups in total. The van der Waals surface area contributed by atoms with Gasteiger partial charge in [-0.05, 0) is 38.7 Å². The zero-order chi connectivity index (χ0) is 15.5. The van der Waals surface area contributed by atoms with Gasteiger partial charge in [-0.25, -0.2) is 0 Å². The predicted molar refractivity (Wildman–Crippen MR) is 79.7 cm³/mol. The van der Waals surface area contributed by atoms with E-state index in [1.807, 2.05) is 0 Å². The number of hydrogen-bond acceptors (Lipinski definition) is 6. The van der Waals surface area contributed by atoms with E-state index in [4.69, 9.17) is 15.8 Å². The van der Waals surface area contributed by atoms with Crippen molar-refractivity contribution in [3.8, 4) is 0 Å². The Kier molecular flexibility index (Phi) is 5.62. The molecule has 7 nitrogen and oxygen atoms in total. The number of aliphatic carboxylic acids is 1. The molecule has 2 saturated heterocycles. The Morgan fingerprint density at radius 2 is 2.24 bits per heavy atom. The summed E-state index contributed by atoms with van der Waals surface area (Å²) in [6, 6.07) is -0.0605. The highest BCUT2D eigenvalue weighted by Gasteiger charge is 2.46. The molecule has 2 heterocycles. The maximum atomic E-state index is 11.2. The summed E-state index contributed by atoms with van der Waals surface area (Å²) >= 11 is 0. The van der Waals surface area contributed by atoms with E-state index in [0.717, 1.165) is 32.5 Å². The molecule has 2 rings (SSSR count). The number of piperidine rings is 1. The SMILES string of the molecule is N[C@H]1CNCC[C@]1(CCCB(O)O)N1CCC(C(=O)O)C1. The van der Waals surface area contributed by atoms with E-state index in [1.54, 1.807) is 0 Å². The fraction of sp³-hybridized carbons (Fsp3) is 0.923. The van der Waals surface area contributed by atoms with Gasteiger partial charge in [0.05, 0.1) is 5.92 Å². The van der Waals surface area contributed by atoms with Crippen LogP contribution in [0.25, 0.3) is 0 Å². The Bertz CT molecular complexity index is 371. The van der Waals surface area contributed by atoms with E-state index in [-0.39, 0.29) is 17.5 Å². The molecule has 120 valence electrons. The monoisotopic (exact) mass is 299 g/mol. The van der Waals surface area contributed by atoms with Crippen LogP contribution in [-0.4, -0.2) is 70.9 Å². The molecule has 2 aliphatic heterocycles. The summed E-state index contributed by atoms with van der Waals surface area (Å²) in [6.45, 7) is 2.89. The smallest absolute Gasteiger partial charge is 0.451 e. The Morgan fingerprint density at radius 1 is 1.48 bits per heavy atom. The zero-order valence-electron chi connectivity index (χ0n) is 12.4. The van der Waals surface area contributed by atoms with Crippen molar-refractivity contribution in [2.75, 3.05) is 26.2 Å². The van der Waals surface area contributed by atoms with Crippen LogP contribution in [-0.2, 0) is 4.79 Å². The maximum absolute atomic E-state index is 11.2. The Balaban J connectivity index is 2.06. The zero-order valence-corrected chi connectivity index (χ0v) is 12.4. The molecule has 0 spiro atoms. The van der Waals surface area contributed by atoms with Crippen molar-refractivity contribution in [1.82, 2.24) is 10.2 Å². The van der Waals surface area contributed by atoms with Crippen molar-refractivity contribution >= 4 is 13.1 Å². The first-order valence-corrected chi connectivity index (χ1v) is 7.76. The first-order chi connectivity index (χ1) is 9.95. The van der Waals surface area contributed by atoms with Crippen molar-refractivity contribution in [2.24, 2.45) is 11.7 Å². The topological polar surface area (TPSA) is 119 Å². The van der Waals surface area contributed by atoms with E-state index >= 15 is 0 Å². The number of likely N-dealkylation sites (tertiary alicyclic amines) is 1. The van der Waals surface area contributed by atoms with E-state index in [2.05, 4.69) is 10.2 Å². The number of rotatable bonds is 6. The minimum absolute atomic E-state index is 0.0605. The number of nitrogens with two attached hydrogens (primary N) is 1. The number of carboxylic acids is 1. The second kappa shape index (κ2) is 7.06. The third-order valence-electron chi connectivity index (χ3n) is 5.03. The van der Waals surface area contributed by atoms with Crippen molar-refractivity contribution < 1.29 is 19.9 Å². The van der Waals surface area contributed by atoms with Gasteiger partial charge >= 0.3 is 13.1 Å². The summed E-state index contributed by atoms with van der Waals surface area (Å²) in [5, 5.41) is 30.5. The molecule has 0 bridgehead atoms. The number of nitrogens with one attached hydrogen (secondary N) is 1. The van der Waals surface area contributed by atoms with Crippen LogP contribution in [0.3, 0.4) is 0 Å². The second-order valence-electron chi connectivity index (χ2n) is 6.31. The lowest BCUT2D eigenvalue weighted by Crippen LogP contribution is -2.66. The highest BCUT2D eigenvalue weighted by molar-refractivity contribution is 6.40. The lowest BCUT2D eigenvalue weighted by atomic mass is 9.74. The molecule has 0 saturated carbocycles. The van der Waals surface area contributed by atoms with Gasteiger partial charge in [-0.15, -0.1) is 0 Å². The summed E-state index contributed by atoms with van der Waals surface area (Å²) in [6.07, 6.45) is 3.33. The standard InChI is InChI=1S/C13H26BN3O4/c15-11-8-16-6-4-13(11,3-1-5-14(20)21)17-7-2-10(9-17)12(18)19/h10-11,16,20-21H,1-9,15H2,(H,18,19)/t10?,11-,13-/m0/s1. The average Bonchev–Trinajstić information content (AvgIpc) is 2.91. The molecule has 2 fully saturated rings. The molecule has 0 aromatic heterocycles. The summed E-state index contributed by atoms with van der Waals surface area (Å²) in [5.41, 5.74) is 6.14. The van der Waals surface area contributed by atoms with Gasteiger partial charge in [0.2, 0.25) is 0 Å². The maximum Gasteiger partial charge on any atom is 0.451 e. The Labute approximate surface area is 125 Å². The highest BCUT2D eigenvalue weighted by Crippen LogP contribution is 2.35. The number of hydrogen-bond donors (Lipinski definition) is 5. The lowest BCUT2D eigenvalue weighted by Gasteiger charge is -2.49. The van der Waals surface area contributed by atoms with Crippen molar-refractivity contribution in [3.63, 3.8) is 0 Å². The van der Waals surface area contributed by atoms with Crippen LogP contribution in [0.5, 0.6) is 0 Å². The molecular weight excluding hydrogens is 273 g/mol. The second-order valence-corrected chi connectivity index (χ2v) is 6.31. The van der Waals surface area contributed by atoms with Crippen molar-refractivity contribution in [1.29, 1.82) is 0 Å². The minimum Gasteiger partial charge on any atom is -0.481 e. The Morgan fingerprint density at radius 3 is 2.81 bits per heavy atom. The average molecular weight is 299 g/mol. The number of carbonyl (C=O) groups is 1. The first kappa shape index (κ1) is 16.7. The first-order valence-electron chi connectivity index (χ1n) is 7.76. The van der Waals surface area contributed by atoms with Crippen LogP contribution in [0.15, 0.2) is 0 Å². The van der Waals surface area contributed by atoms with Crippen LogP contribution < -0.4 is 11.1 Å². The van der Waals surface area contributed by atoms with Crippen LogP contribution >= 0.6 is 0 Å². The van der Waals surface area contributed by atoms with Gasteiger partial charge in [-0.1, -0.05) is 6.42 Å². The van der Waals surface area contributed by atoms with Gasteiger partial charge in [0, 0.05) is 24.7 Å². The molecule has 0 amide bonds. The van der Waals surface area contributed by atoms with E-state index in [9.17, 15) is 9.90 Å². The van der Waals surface area contributed by atoms with Gasteiger partial charge in [0.1, 0.15) is 0 Å². The summed E-state index contributed by atoms with van der Waals surface area (Å²) in [5.74, 6) is -1.05. The van der Waals surface area contributed by atoms with Gasteiger partial charge in [0.15, 0.2) is 0 Å². The molecule has 8 heteroatoms. The van der Waals surface area contributed by atoms with E-state index < -0.39 is 13.1 Å². The van der Waals surface area contributed by atoms with Crippen LogP contribution in [0.2, 0.25) is 6.32 Å². The lowest BCUT2D eigenvalue weighted by molar-refractivity contribution is -0.141. The summed E-state index contributed by atoms with van der Waals surface area (Å²) in [4.78, 5) is 13.4. The molecule has 0 aromatic rings. The summed E-state index contributed by atoms with van der Waals surface area (Å²) < 4.78 is 0. The largest absolute Gasteiger partial charge is 0.481 e. The summed E-state index contributed by atoms with van der Waals surface area (Å²) in [7, 11) is -1.29. The number of carboxylic acid groups (broad SMARTS) is 1. The van der Waals surface area contributed by atoms with Crippen molar-refractivity contribution in [3.05, 3.63) is 0 Å². The van der Waals surface area contributed by atoms with E-state index in [1.165, 1.54) is 0 Å². The molecule has 2 aliphatic rings. The van der Waals surface area contributed by atoms with Gasteiger partial charge in [-0.3, -0.25) is 9.69 Å². The third kappa shape index (κ3) is 3.76.